The number of alkyl halides is 3. The van der Waals surface area contributed by atoms with E-state index in [0.717, 1.165) is 12.8 Å². The molecule has 2 saturated heterocycles. The number of rotatable bonds is 3. The van der Waals surface area contributed by atoms with Crippen LogP contribution in [0.2, 0.25) is 0 Å². The molecule has 2 atom stereocenters. The second-order valence-corrected chi connectivity index (χ2v) is 5.83. The van der Waals surface area contributed by atoms with Crippen LogP contribution in [-0.4, -0.2) is 30.1 Å². The summed E-state index contributed by atoms with van der Waals surface area (Å²) in [4.78, 5) is 0. The second kappa shape index (κ2) is 5.18. The first-order valence-electron chi connectivity index (χ1n) is 7.02. The van der Waals surface area contributed by atoms with Gasteiger partial charge in [-0.05, 0) is 30.5 Å². The SMILES string of the molecule is OC1(c2ccc(OCC(F)(F)F)cc2)CC2CCC(C1)O2. The molecule has 3 nitrogen and oxygen atoms in total. The van der Waals surface area contributed by atoms with Crippen LogP contribution < -0.4 is 4.74 Å². The second-order valence-electron chi connectivity index (χ2n) is 5.83. The molecule has 1 N–H and O–H groups in total. The first kappa shape index (κ1) is 14.7. The predicted octanol–water partition coefficient (Wildman–Crippen LogP) is 3.16. The Morgan fingerprint density at radius 2 is 1.71 bits per heavy atom. The van der Waals surface area contributed by atoms with Crippen LogP contribution in [0.5, 0.6) is 5.75 Å². The van der Waals surface area contributed by atoms with Crippen LogP contribution in [0.1, 0.15) is 31.2 Å². The number of hydrogen-bond donors (Lipinski definition) is 1. The Morgan fingerprint density at radius 1 is 1.14 bits per heavy atom. The molecule has 0 radical (unpaired) electrons. The minimum absolute atomic E-state index is 0.0786. The Bertz CT molecular complexity index is 486. The van der Waals surface area contributed by atoms with E-state index >= 15 is 0 Å². The summed E-state index contributed by atoms with van der Waals surface area (Å²) >= 11 is 0. The average molecular weight is 302 g/mol. The van der Waals surface area contributed by atoms with Gasteiger partial charge in [0, 0.05) is 12.8 Å². The monoisotopic (exact) mass is 302 g/mol. The average Bonchev–Trinajstić information content (AvgIpc) is 2.76. The molecule has 0 aliphatic carbocycles. The van der Waals surface area contributed by atoms with Crippen LogP contribution >= 0.6 is 0 Å². The van der Waals surface area contributed by atoms with Gasteiger partial charge in [-0.15, -0.1) is 0 Å². The Balaban J connectivity index is 1.69. The Labute approximate surface area is 120 Å². The van der Waals surface area contributed by atoms with E-state index in [1.165, 1.54) is 12.1 Å². The van der Waals surface area contributed by atoms with Gasteiger partial charge in [0.25, 0.3) is 0 Å². The largest absolute Gasteiger partial charge is 0.484 e. The van der Waals surface area contributed by atoms with E-state index in [0.29, 0.717) is 18.4 Å². The van der Waals surface area contributed by atoms with Crippen molar-refractivity contribution < 1.29 is 27.8 Å². The molecule has 116 valence electrons. The third-order valence-corrected chi connectivity index (χ3v) is 4.12. The quantitative estimate of drug-likeness (QED) is 0.932. The highest BCUT2D eigenvalue weighted by Gasteiger charge is 2.44. The summed E-state index contributed by atoms with van der Waals surface area (Å²) in [5, 5.41) is 10.8. The molecule has 2 fully saturated rings. The predicted molar refractivity (Wildman–Crippen MR) is 69.0 cm³/mol. The van der Waals surface area contributed by atoms with Crippen LogP contribution in [0.3, 0.4) is 0 Å². The van der Waals surface area contributed by atoms with E-state index in [2.05, 4.69) is 4.74 Å². The topological polar surface area (TPSA) is 38.7 Å². The number of halogens is 3. The van der Waals surface area contributed by atoms with Gasteiger partial charge in [-0.25, -0.2) is 0 Å². The summed E-state index contributed by atoms with van der Waals surface area (Å²) in [6.45, 7) is -1.31. The summed E-state index contributed by atoms with van der Waals surface area (Å²) in [7, 11) is 0. The molecule has 2 unspecified atom stereocenters. The minimum atomic E-state index is -4.35. The number of aliphatic hydroxyl groups is 1. The summed E-state index contributed by atoms with van der Waals surface area (Å²) in [6, 6.07) is 6.21. The van der Waals surface area contributed by atoms with Crippen molar-refractivity contribution >= 4 is 0 Å². The number of ether oxygens (including phenoxy) is 2. The van der Waals surface area contributed by atoms with Crippen molar-refractivity contribution in [1.82, 2.24) is 0 Å². The van der Waals surface area contributed by atoms with E-state index < -0.39 is 18.4 Å². The minimum Gasteiger partial charge on any atom is -0.484 e. The summed E-state index contributed by atoms with van der Waals surface area (Å²) in [5.41, 5.74) is -0.242. The maximum Gasteiger partial charge on any atom is 0.422 e. The lowest BCUT2D eigenvalue weighted by molar-refractivity contribution is -0.153. The summed E-state index contributed by atoms with van der Waals surface area (Å²) < 4.78 is 46.6. The van der Waals surface area contributed by atoms with E-state index in [1.54, 1.807) is 12.1 Å². The van der Waals surface area contributed by atoms with Crippen molar-refractivity contribution in [2.75, 3.05) is 6.61 Å². The Hall–Kier alpha value is -1.27. The molecule has 0 saturated carbocycles. The summed E-state index contributed by atoms with van der Waals surface area (Å²) in [5.74, 6) is 0.148. The normalized spacial score (nSPS) is 32.2. The molecule has 2 bridgehead atoms. The van der Waals surface area contributed by atoms with Crippen molar-refractivity contribution in [1.29, 1.82) is 0 Å². The van der Waals surface area contributed by atoms with Crippen LogP contribution in [0, 0.1) is 0 Å². The highest BCUT2D eigenvalue weighted by molar-refractivity contribution is 5.31. The van der Waals surface area contributed by atoms with Crippen LogP contribution in [0.15, 0.2) is 24.3 Å². The third kappa shape index (κ3) is 3.32. The lowest BCUT2D eigenvalue weighted by atomic mass is 9.83. The van der Waals surface area contributed by atoms with Gasteiger partial charge in [-0.2, -0.15) is 13.2 Å². The molecule has 21 heavy (non-hydrogen) atoms. The van der Waals surface area contributed by atoms with Gasteiger partial charge in [-0.3, -0.25) is 0 Å². The Morgan fingerprint density at radius 3 is 2.24 bits per heavy atom. The molecular weight excluding hydrogens is 285 g/mol. The fraction of sp³-hybridized carbons (Fsp3) is 0.600. The summed E-state index contributed by atoms with van der Waals surface area (Å²) in [6.07, 6.45) is -1.21. The van der Waals surface area contributed by atoms with Gasteiger partial charge in [0.1, 0.15) is 5.75 Å². The molecule has 0 aromatic heterocycles. The van der Waals surface area contributed by atoms with E-state index in [1.807, 2.05) is 0 Å². The van der Waals surface area contributed by atoms with E-state index in [4.69, 9.17) is 4.74 Å². The first-order chi connectivity index (χ1) is 9.84. The number of benzene rings is 1. The molecule has 2 aliphatic heterocycles. The molecular formula is C15H17F3O3. The van der Waals surface area contributed by atoms with Crippen molar-refractivity contribution in [2.24, 2.45) is 0 Å². The van der Waals surface area contributed by atoms with Gasteiger partial charge in [0.05, 0.1) is 17.8 Å². The first-order valence-corrected chi connectivity index (χ1v) is 7.02. The number of hydrogen-bond acceptors (Lipinski definition) is 3. The standard InChI is InChI=1S/C15H17F3O3/c16-15(17,18)9-20-11-3-1-10(2-4-11)14(19)7-12-5-6-13(8-14)21-12/h1-4,12-13,19H,5-9H2. The zero-order valence-corrected chi connectivity index (χ0v) is 11.4. The van der Waals surface area contributed by atoms with Crippen molar-refractivity contribution in [3.63, 3.8) is 0 Å². The fourth-order valence-corrected chi connectivity index (χ4v) is 3.18. The van der Waals surface area contributed by atoms with Crippen molar-refractivity contribution in [2.45, 2.75) is 49.7 Å². The van der Waals surface area contributed by atoms with Crippen LogP contribution in [0.4, 0.5) is 13.2 Å². The zero-order chi connectivity index (χ0) is 15.1. The molecule has 2 aliphatic rings. The van der Waals surface area contributed by atoms with Gasteiger partial charge >= 0.3 is 6.18 Å². The maximum atomic E-state index is 12.1. The van der Waals surface area contributed by atoms with E-state index in [9.17, 15) is 18.3 Å². The maximum absolute atomic E-state index is 12.1. The van der Waals surface area contributed by atoms with Gasteiger partial charge in [-0.1, -0.05) is 12.1 Å². The lowest BCUT2D eigenvalue weighted by Crippen LogP contribution is -2.38. The smallest absolute Gasteiger partial charge is 0.422 e. The highest BCUT2D eigenvalue weighted by Crippen LogP contribution is 2.44. The number of fused-ring (bicyclic) bond motifs is 2. The lowest BCUT2D eigenvalue weighted by Gasteiger charge is -2.36. The molecule has 2 heterocycles. The molecule has 3 rings (SSSR count). The molecule has 1 aromatic carbocycles. The molecule has 6 heteroatoms. The van der Waals surface area contributed by atoms with Gasteiger partial charge in [0.15, 0.2) is 6.61 Å². The Kier molecular flexibility index (Phi) is 3.61. The van der Waals surface area contributed by atoms with Crippen molar-refractivity contribution in [3.8, 4) is 5.75 Å². The molecule has 1 aromatic rings. The van der Waals surface area contributed by atoms with Crippen LogP contribution in [-0.2, 0) is 10.3 Å². The van der Waals surface area contributed by atoms with Crippen molar-refractivity contribution in [3.05, 3.63) is 29.8 Å². The highest BCUT2D eigenvalue weighted by atomic mass is 19.4. The third-order valence-electron chi connectivity index (χ3n) is 4.12. The van der Waals surface area contributed by atoms with Gasteiger partial charge in [0.2, 0.25) is 0 Å². The van der Waals surface area contributed by atoms with E-state index in [-0.39, 0.29) is 18.0 Å². The fourth-order valence-electron chi connectivity index (χ4n) is 3.18. The van der Waals surface area contributed by atoms with Crippen LogP contribution in [0.25, 0.3) is 0 Å². The molecule has 0 spiro atoms. The zero-order valence-electron chi connectivity index (χ0n) is 11.4. The molecule has 0 amide bonds. The van der Waals surface area contributed by atoms with Gasteiger partial charge < -0.3 is 14.6 Å².